The first kappa shape index (κ1) is 16.2. The minimum absolute atomic E-state index is 0.00256. The summed E-state index contributed by atoms with van der Waals surface area (Å²) in [6.45, 7) is 6.21. The molecular weight excluding hydrogens is 288 g/mol. The summed E-state index contributed by atoms with van der Waals surface area (Å²) in [6.07, 6.45) is 6.71. The van der Waals surface area contributed by atoms with E-state index in [1.165, 1.54) is 24.8 Å². The molecule has 4 heteroatoms. The van der Waals surface area contributed by atoms with Crippen LogP contribution >= 0.6 is 0 Å². The fourth-order valence-electron chi connectivity index (χ4n) is 3.74. The van der Waals surface area contributed by atoms with Gasteiger partial charge in [0.05, 0.1) is 6.04 Å². The average Bonchev–Trinajstić information content (AvgIpc) is 2.48. The fraction of sp³-hybridized carbons (Fsp3) is 0.632. The van der Waals surface area contributed by atoms with E-state index in [2.05, 4.69) is 43.5 Å². The monoisotopic (exact) mass is 316 g/mol. The summed E-state index contributed by atoms with van der Waals surface area (Å²) in [5.74, 6) is 0.884. The lowest BCUT2D eigenvalue weighted by Crippen LogP contribution is -2.47. The highest BCUT2D eigenvalue weighted by molar-refractivity contribution is 5.75. The molecule has 0 saturated heterocycles. The fourth-order valence-corrected chi connectivity index (χ4v) is 3.74. The van der Waals surface area contributed by atoms with Gasteiger partial charge in [-0.15, -0.1) is 0 Å². The number of amides is 2. The highest BCUT2D eigenvalue weighted by Gasteiger charge is 2.34. The third-order valence-corrected chi connectivity index (χ3v) is 4.87. The molecule has 1 saturated carbocycles. The Labute approximate surface area is 139 Å². The summed E-state index contributed by atoms with van der Waals surface area (Å²) in [7, 11) is 0. The van der Waals surface area contributed by atoms with Crippen LogP contribution < -0.4 is 15.4 Å². The van der Waals surface area contributed by atoms with Crippen LogP contribution in [0.15, 0.2) is 18.2 Å². The molecule has 2 N–H and O–H groups in total. The maximum absolute atomic E-state index is 12.4. The number of fused-ring (bicyclic) bond motifs is 1. The van der Waals surface area contributed by atoms with E-state index in [4.69, 9.17) is 4.74 Å². The quantitative estimate of drug-likeness (QED) is 0.858. The number of carbonyl (C=O) groups is 1. The summed E-state index contributed by atoms with van der Waals surface area (Å²) in [5.41, 5.74) is 2.00. The molecule has 1 aromatic carbocycles. The molecule has 4 nitrogen and oxygen atoms in total. The Bertz CT molecular complexity index is 577. The van der Waals surface area contributed by atoms with E-state index in [-0.39, 0.29) is 17.7 Å². The third-order valence-electron chi connectivity index (χ3n) is 4.87. The standard InChI is InChI=1S/C19H28N2O2/c1-13-9-10-17-15(11-13)16(12-19(2,3)23-17)21-18(22)20-14-7-5-4-6-8-14/h9-11,14,16H,4-8,12H2,1-3H3,(H2,20,21,22). The molecule has 1 heterocycles. The maximum atomic E-state index is 12.4. The van der Waals surface area contributed by atoms with Crippen molar-refractivity contribution >= 4 is 6.03 Å². The van der Waals surface area contributed by atoms with Gasteiger partial charge in [0.1, 0.15) is 11.4 Å². The van der Waals surface area contributed by atoms with Crippen molar-refractivity contribution in [1.82, 2.24) is 10.6 Å². The first-order valence-corrected chi connectivity index (χ1v) is 8.79. The topological polar surface area (TPSA) is 50.4 Å². The highest BCUT2D eigenvalue weighted by Crippen LogP contribution is 2.39. The van der Waals surface area contributed by atoms with Crippen LogP contribution in [0.1, 0.15) is 69.5 Å². The summed E-state index contributed by atoms with van der Waals surface area (Å²) in [5, 5.41) is 6.32. The van der Waals surface area contributed by atoms with Crippen molar-refractivity contribution in [2.24, 2.45) is 0 Å². The van der Waals surface area contributed by atoms with E-state index in [9.17, 15) is 4.79 Å². The van der Waals surface area contributed by atoms with Gasteiger partial charge in [-0.2, -0.15) is 0 Å². The Morgan fingerprint density at radius 1 is 1.17 bits per heavy atom. The first-order chi connectivity index (χ1) is 10.9. The molecule has 2 amide bonds. The third kappa shape index (κ3) is 3.98. The Morgan fingerprint density at radius 2 is 1.91 bits per heavy atom. The lowest BCUT2D eigenvalue weighted by Gasteiger charge is -2.38. The zero-order valence-corrected chi connectivity index (χ0v) is 14.4. The van der Waals surface area contributed by atoms with Gasteiger partial charge in [0.2, 0.25) is 0 Å². The van der Waals surface area contributed by atoms with Gasteiger partial charge in [0.15, 0.2) is 0 Å². The number of benzene rings is 1. The smallest absolute Gasteiger partial charge is 0.315 e. The van der Waals surface area contributed by atoms with Gasteiger partial charge in [0.25, 0.3) is 0 Å². The predicted octanol–water partition coefficient (Wildman–Crippen LogP) is 4.23. The van der Waals surface area contributed by atoms with Crippen LogP contribution in [0.5, 0.6) is 5.75 Å². The van der Waals surface area contributed by atoms with Gasteiger partial charge in [-0.05, 0) is 39.7 Å². The van der Waals surface area contributed by atoms with Crippen molar-refractivity contribution in [3.63, 3.8) is 0 Å². The number of carbonyl (C=O) groups excluding carboxylic acids is 1. The van der Waals surface area contributed by atoms with Gasteiger partial charge in [-0.25, -0.2) is 4.79 Å². The molecule has 1 aromatic rings. The van der Waals surface area contributed by atoms with E-state index in [0.29, 0.717) is 6.04 Å². The van der Waals surface area contributed by atoms with Crippen molar-refractivity contribution in [3.05, 3.63) is 29.3 Å². The molecule has 1 aliphatic heterocycles. The van der Waals surface area contributed by atoms with Crippen LogP contribution in [0.3, 0.4) is 0 Å². The number of rotatable bonds is 2. The van der Waals surface area contributed by atoms with Crippen LogP contribution in [-0.2, 0) is 0 Å². The van der Waals surface area contributed by atoms with Crippen LogP contribution in [0, 0.1) is 6.92 Å². The minimum Gasteiger partial charge on any atom is -0.487 e. The molecule has 1 unspecified atom stereocenters. The van der Waals surface area contributed by atoms with Crippen LogP contribution in [-0.4, -0.2) is 17.7 Å². The summed E-state index contributed by atoms with van der Waals surface area (Å²) < 4.78 is 6.06. The first-order valence-electron chi connectivity index (χ1n) is 8.79. The van der Waals surface area contributed by atoms with Crippen molar-refractivity contribution < 1.29 is 9.53 Å². The van der Waals surface area contributed by atoms with E-state index in [1.54, 1.807) is 0 Å². The number of urea groups is 1. The van der Waals surface area contributed by atoms with Crippen LogP contribution in [0.25, 0.3) is 0 Å². The SMILES string of the molecule is Cc1ccc2c(c1)C(NC(=O)NC1CCCCC1)CC(C)(C)O2. The zero-order valence-electron chi connectivity index (χ0n) is 14.4. The van der Waals surface area contributed by atoms with Gasteiger partial charge < -0.3 is 15.4 Å². The number of nitrogens with one attached hydrogen (secondary N) is 2. The highest BCUT2D eigenvalue weighted by atomic mass is 16.5. The predicted molar refractivity (Wildman–Crippen MR) is 91.8 cm³/mol. The molecule has 1 aliphatic carbocycles. The molecule has 23 heavy (non-hydrogen) atoms. The average molecular weight is 316 g/mol. The number of hydrogen-bond acceptors (Lipinski definition) is 2. The molecule has 3 rings (SSSR count). The Hall–Kier alpha value is -1.71. The molecule has 126 valence electrons. The number of aryl methyl sites for hydroxylation is 1. The zero-order chi connectivity index (χ0) is 16.4. The van der Waals surface area contributed by atoms with E-state index in [1.807, 2.05) is 6.07 Å². The summed E-state index contributed by atoms with van der Waals surface area (Å²) in [6, 6.07) is 6.47. The summed E-state index contributed by atoms with van der Waals surface area (Å²) >= 11 is 0. The van der Waals surface area contributed by atoms with Gasteiger partial charge in [-0.3, -0.25) is 0 Å². The number of ether oxygens (including phenoxy) is 1. The number of hydrogen-bond donors (Lipinski definition) is 2. The van der Waals surface area contributed by atoms with Gasteiger partial charge in [-0.1, -0.05) is 37.0 Å². The van der Waals surface area contributed by atoms with Crippen molar-refractivity contribution in [2.45, 2.75) is 77.0 Å². The molecule has 0 spiro atoms. The second-order valence-corrected chi connectivity index (χ2v) is 7.61. The Morgan fingerprint density at radius 3 is 2.65 bits per heavy atom. The molecule has 0 bridgehead atoms. The van der Waals surface area contributed by atoms with E-state index >= 15 is 0 Å². The summed E-state index contributed by atoms with van der Waals surface area (Å²) in [4.78, 5) is 12.4. The van der Waals surface area contributed by atoms with Crippen molar-refractivity contribution in [2.75, 3.05) is 0 Å². The largest absolute Gasteiger partial charge is 0.487 e. The molecule has 1 atom stereocenters. The molecule has 0 radical (unpaired) electrons. The van der Waals surface area contributed by atoms with E-state index < -0.39 is 0 Å². The lowest BCUT2D eigenvalue weighted by molar-refractivity contribution is 0.0677. The second kappa shape index (κ2) is 6.42. The normalized spacial score (nSPS) is 23.5. The van der Waals surface area contributed by atoms with Crippen LogP contribution in [0.4, 0.5) is 4.79 Å². The molecular formula is C19H28N2O2. The molecule has 1 fully saturated rings. The molecule has 0 aromatic heterocycles. The van der Waals surface area contributed by atoms with Gasteiger partial charge in [0, 0.05) is 18.0 Å². The minimum atomic E-state index is -0.273. The molecule has 2 aliphatic rings. The van der Waals surface area contributed by atoms with Crippen molar-refractivity contribution in [1.29, 1.82) is 0 Å². The van der Waals surface area contributed by atoms with Crippen LogP contribution in [0.2, 0.25) is 0 Å². The Balaban J connectivity index is 1.71. The van der Waals surface area contributed by atoms with E-state index in [0.717, 1.165) is 30.6 Å². The Kier molecular flexibility index (Phi) is 4.51. The van der Waals surface area contributed by atoms with Crippen molar-refractivity contribution in [3.8, 4) is 5.75 Å². The lowest BCUT2D eigenvalue weighted by atomic mass is 9.89. The second-order valence-electron chi connectivity index (χ2n) is 7.61. The van der Waals surface area contributed by atoms with Gasteiger partial charge >= 0.3 is 6.03 Å². The maximum Gasteiger partial charge on any atom is 0.315 e.